The minimum Gasteiger partial charge on any atom is -0.340 e. The fourth-order valence-electron chi connectivity index (χ4n) is 3.83. The van der Waals surface area contributed by atoms with Crippen LogP contribution in [0.2, 0.25) is 0 Å². The third-order valence-electron chi connectivity index (χ3n) is 5.51. The third kappa shape index (κ3) is 4.27. The molecule has 3 aromatic carbocycles. The Morgan fingerprint density at radius 1 is 1.12 bits per heavy atom. The first-order valence-corrected chi connectivity index (χ1v) is 10.1. The van der Waals surface area contributed by atoms with E-state index in [0.29, 0.717) is 12.1 Å². The first-order chi connectivity index (χ1) is 15.9. The summed E-state index contributed by atoms with van der Waals surface area (Å²) in [6.45, 7) is 2.38. The number of Topliss-reactive ketones (excluding diaryl/α,β-unsaturated/α-hetero) is 1. The number of halogens is 1. The van der Waals surface area contributed by atoms with E-state index < -0.39 is 10.7 Å². The molecule has 0 spiro atoms. The highest BCUT2D eigenvalue weighted by molar-refractivity contribution is 6.15. The summed E-state index contributed by atoms with van der Waals surface area (Å²) < 4.78 is 15.4. The monoisotopic (exact) mass is 439 g/mol. The summed E-state index contributed by atoms with van der Waals surface area (Å²) in [6.07, 6.45) is 1.53. The minimum absolute atomic E-state index is 0.0738. The summed E-state index contributed by atoms with van der Waals surface area (Å²) in [6, 6.07) is 21.1. The molecule has 0 saturated carbocycles. The number of ketones is 1. The van der Waals surface area contributed by atoms with Gasteiger partial charge in [0.1, 0.15) is 17.5 Å². The van der Waals surface area contributed by atoms with E-state index in [1.54, 1.807) is 12.1 Å². The van der Waals surface area contributed by atoms with Crippen LogP contribution in [0.3, 0.4) is 0 Å². The zero-order valence-corrected chi connectivity index (χ0v) is 17.7. The molecule has 0 fully saturated rings. The maximum absolute atomic E-state index is 13.3. The van der Waals surface area contributed by atoms with Crippen molar-refractivity contribution in [2.45, 2.75) is 13.5 Å². The Balaban J connectivity index is 1.80. The van der Waals surface area contributed by atoms with Crippen LogP contribution in [0.4, 0.5) is 10.1 Å². The smallest absolute Gasteiger partial charge is 0.270 e. The number of benzene rings is 3. The van der Waals surface area contributed by atoms with E-state index in [1.807, 2.05) is 41.8 Å². The number of carbonyl (C=O) groups is 1. The second-order valence-electron chi connectivity index (χ2n) is 7.54. The predicted octanol–water partition coefficient (Wildman–Crippen LogP) is 5.84. The molecular formula is C26H18FN3O3. The highest BCUT2D eigenvalue weighted by atomic mass is 19.1. The quantitative estimate of drug-likeness (QED) is 0.124. The van der Waals surface area contributed by atoms with Crippen molar-refractivity contribution in [1.82, 2.24) is 4.57 Å². The lowest BCUT2D eigenvalue weighted by Crippen LogP contribution is -2.04. The number of non-ortho nitro benzene ring substituents is 1. The number of nitrogens with zero attached hydrogens (tertiary/aromatic N) is 3. The fraction of sp³-hybridized carbons (Fsp3) is 0.0769. The minimum atomic E-state index is -0.587. The highest BCUT2D eigenvalue weighted by Gasteiger charge is 2.19. The van der Waals surface area contributed by atoms with Gasteiger partial charge in [-0.05, 0) is 36.8 Å². The van der Waals surface area contributed by atoms with Gasteiger partial charge in [0, 0.05) is 46.4 Å². The van der Waals surface area contributed by atoms with Crippen molar-refractivity contribution < 1.29 is 14.1 Å². The highest BCUT2D eigenvalue weighted by Crippen LogP contribution is 2.29. The number of nitro groups is 1. The van der Waals surface area contributed by atoms with Crippen molar-refractivity contribution in [3.05, 3.63) is 117 Å². The second kappa shape index (κ2) is 8.89. The van der Waals surface area contributed by atoms with E-state index in [-0.39, 0.29) is 22.6 Å². The van der Waals surface area contributed by atoms with Gasteiger partial charge in [-0.25, -0.2) is 4.39 Å². The van der Waals surface area contributed by atoms with Gasteiger partial charge in [-0.3, -0.25) is 14.9 Å². The Labute approximate surface area is 189 Å². The number of nitro benzene ring substituents is 1. The zero-order chi connectivity index (χ0) is 23.5. The maximum atomic E-state index is 13.3. The summed E-state index contributed by atoms with van der Waals surface area (Å²) in [5, 5.41) is 21.6. The van der Waals surface area contributed by atoms with Crippen LogP contribution in [-0.4, -0.2) is 15.3 Å². The molecule has 1 aromatic heterocycles. The van der Waals surface area contributed by atoms with Crippen LogP contribution in [0.5, 0.6) is 0 Å². The van der Waals surface area contributed by atoms with Crippen molar-refractivity contribution >= 4 is 28.4 Å². The molecule has 33 heavy (non-hydrogen) atoms. The molecular weight excluding hydrogens is 421 g/mol. The van der Waals surface area contributed by atoms with Gasteiger partial charge in [0.15, 0.2) is 0 Å². The molecule has 0 aliphatic carbocycles. The number of allylic oxidation sites excluding steroid dienone is 1. The average molecular weight is 439 g/mol. The van der Waals surface area contributed by atoms with Gasteiger partial charge in [0.25, 0.3) is 5.69 Å². The first kappa shape index (κ1) is 21.7. The topological polar surface area (TPSA) is 88.9 Å². The molecule has 0 aliphatic heterocycles. The van der Waals surface area contributed by atoms with E-state index in [0.717, 1.165) is 28.2 Å². The van der Waals surface area contributed by atoms with Crippen LogP contribution < -0.4 is 0 Å². The molecule has 0 N–H and O–H groups in total. The second-order valence-corrected chi connectivity index (χ2v) is 7.54. The molecule has 7 heteroatoms. The first-order valence-electron chi connectivity index (χ1n) is 10.1. The molecule has 0 aliphatic rings. The Morgan fingerprint density at radius 3 is 2.55 bits per heavy atom. The number of aromatic nitrogens is 1. The van der Waals surface area contributed by atoms with Crippen LogP contribution in [0.15, 0.2) is 78.4 Å². The van der Waals surface area contributed by atoms with Crippen molar-refractivity contribution in [2.75, 3.05) is 0 Å². The number of rotatable bonds is 6. The van der Waals surface area contributed by atoms with E-state index >= 15 is 0 Å². The summed E-state index contributed by atoms with van der Waals surface area (Å²) in [5.74, 6) is -0.897. The summed E-state index contributed by atoms with van der Waals surface area (Å²) >= 11 is 0. The normalized spacial score (nSPS) is 11.4. The summed E-state index contributed by atoms with van der Waals surface area (Å²) in [5.41, 5.74) is 3.09. The number of nitriles is 1. The molecule has 1 heterocycles. The zero-order valence-electron chi connectivity index (χ0n) is 17.7. The van der Waals surface area contributed by atoms with Gasteiger partial charge in [-0.15, -0.1) is 0 Å². The number of fused-ring (bicyclic) bond motifs is 1. The molecule has 0 unspecified atom stereocenters. The van der Waals surface area contributed by atoms with Gasteiger partial charge < -0.3 is 4.57 Å². The van der Waals surface area contributed by atoms with Gasteiger partial charge in [-0.1, -0.05) is 42.5 Å². The number of para-hydroxylation sites is 1. The lowest BCUT2D eigenvalue weighted by atomic mass is 10.0. The molecule has 6 nitrogen and oxygen atoms in total. The molecule has 4 aromatic rings. The van der Waals surface area contributed by atoms with Crippen LogP contribution in [0.25, 0.3) is 17.0 Å². The SMILES string of the molecule is Cc1c(/C=C(\C#N)C(=O)c2cccc([N+](=O)[O-])c2)c2ccccc2n1Cc1ccc(F)cc1. The number of hydrogen-bond donors (Lipinski definition) is 0. The molecule has 0 amide bonds. The van der Waals surface area contributed by atoms with Crippen LogP contribution in [-0.2, 0) is 6.54 Å². The molecule has 162 valence electrons. The Kier molecular flexibility index (Phi) is 5.83. The Bertz CT molecular complexity index is 1460. The van der Waals surface area contributed by atoms with Crippen LogP contribution in [0.1, 0.15) is 27.2 Å². The summed E-state index contributed by atoms with van der Waals surface area (Å²) in [4.78, 5) is 23.5. The van der Waals surface area contributed by atoms with Gasteiger partial charge in [0.05, 0.1) is 4.92 Å². The molecule has 0 saturated heterocycles. The van der Waals surface area contributed by atoms with Crippen molar-refractivity contribution in [3.63, 3.8) is 0 Å². The Hall–Kier alpha value is -4.57. The average Bonchev–Trinajstić information content (AvgIpc) is 3.09. The summed E-state index contributed by atoms with van der Waals surface area (Å²) in [7, 11) is 0. The van der Waals surface area contributed by atoms with Crippen molar-refractivity contribution in [3.8, 4) is 6.07 Å². The predicted molar refractivity (Wildman–Crippen MR) is 123 cm³/mol. The number of hydrogen-bond acceptors (Lipinski definition) is 4. The van der Waals surface area contributed by atoms with E-state index in [1.165, 1.54) is 36.4 Å². The molecule has 0 bridgehead atoms. The van der Waals surface area contributed by atoms with Crippen molar-refractivity contribution in [2.24, 2.45) is 0 Å². The van der Waals surface area contributed by atoms with E-state index in [2.05, 4.69) is 0 Å². The lowest BCUT2D eigenvalue weighted by Gasteiger charge is -2.09. The fourth-order valence-corrected chi connectivity index (χ4v) is 3.83. The van der Waals surface area contributed by atoms with E-state index in [9.17, 15) is 24.6 Å². The molecule has 4 rings (SSSR count). The number of carbonyl (C=O) groups excluding carboxylic acids is 1. The third-order valence-corrected chi connectivity index (χ3v) is 5.51. The lowest BCUT2D eigenvalue weighted by molar-refractivity contribution is -0.384. The van der Waals surface area contributed by atoms with Crippen LogP contribution in [0, 0.1) is 34.2 Å². The maximum Gasteiger partial charge on any atom is 0.270 e. The standard InChI is InChI=1S/C26H18FN3O3/c1-17-24(14-20(15-28)26(31)19-5-4-6-22(13-19)30(32)33)23-7-2-3-8-25(23)29(17)16-18-9-11-21(27)12-10-18/h2-14H,16H2,1H3/b20-14+. The molecule has 0 radical (unpaired) electrons. The van der Waals surface area contributed by atoms with Gasteiger partial charge >= 0.3 is 0 Å². The van der Waals surface area contributed by atoms with Crippen LogP contribution >= 0.6 is 0 Å². The largest absolute Gasteiger partial charge is 0.340 e. The van der Waals surface area contributed by atoms with Gasteiger partial charge in [-0.2, -0.15) is 5.26 Å². The molecule has 0 atom stereocenters. The van der Waals surface area contributed by atoms with E-state index in [4.69, 9.17) is 0 Å². The Morgan fingerprint density at radius 2 is 1.85 bits per heavy atom. The van der Waals surface area contributed by atoms with Gasteiger partial charge in [0.2, 0.25) is 5.78 Å². The van der Waals surface area contributed by atoms with Crippen molar-refractivity contribution in [1.29, 1.82) is 5.26 Å².